The lowest BCUT2D eigenvalue weighted by molar-refractivity contribution is 0.102. The van der Waals surface area contributed by atoms with Crippen LogP contribution in [0, 0.1) is 0 Å². The summed E-state index contributed by atoms with van der Waals surface area (Å²) in [5, 5.41) is 20.8. The van der Waals surface area contributed by atoms with E-state index in [0.717, 1.165) is 31.4 Å². The third-order valence-corrected chi connectivity index (χ3v) is 5.91. The first-order chi connectivity index (χ1) is 15.5. The maximum Gasteiger partial charge on any atom is 0.342 e. The SMILES string of the molecule is CCC(C)NC(=O)n1nc(-c2cc(NC(=O)c3ccncc3)ccc2O)cc1C1CCC1. The first kappa shape index (κ1) is 21.5. The molecule has 1 aliphatic rings. The third-order valence-electron chi connectivity index (χ3n) is 5.91. The zero-order valence-corrected chi connectivity index (χ0v) is 18.2. The van der Waals surface area contributed by atoms with E-state index in [4.69, 9.17) is 0 Å². The van der Waals surface area contributed by atoms with Crippen LogP contribution in [0.3, 0.4) is 0 Å². The summed E-state index contributed by atoms with van der Waals surface area (Å²) in [6.45, 7) is 3.96. The number of pyridine rings is 1. The van der Waals surface area contributed by atoms with Crippen molar-refractivity contribution < 1.29 is 14.7 Å². The van der Waals surface area contributed by atoms with E-state index in [2.05, 4.69) is 20.7 Å². The Morgan fingerprint density at radius 3 is 2.59 bits per heavy atom. The average molecular weight is 434 g/mol. The van der Waals surface area contributed by atoms with E-state index in [1.165, 1.54) is 10.7 Å². The normalized spacial score (nSPS) is 14.4. The van der Waals surface area contributed by atoms with E-state index in [9.17, 15) is 14.7 Å². The first-order valence-electron chi connectivity index (χ1n) is 10.9. The van der Waals surface area contributed by atoms with Crippen LogP contribution in [0.4, 0.5) is 10.5 Å². The number of aromatic nitrogens is 3. The van der Waals surface area contributed by atoms with Crippen molar-refractivity contribution in [3.63, 3.8) is 0 Å². The summed E-state index contributed by atoms with van der Waals surface area (Å²) in [6, 6.07) is 9.68. The number of benzene rings is 1. The van der Waals surface area contributed by atoms with Crippen LogP contribution >= 0.6 is 0 Å². The summed E-state index contributed by atoms with van der Waals surface area (Å²) in [5.41, 5.74) is 2.78. The Kier molecular flexibility index (Phi) is 6.20. The Morgan fingerprint density at radius 1 is 1.19 bits per heavy atom. The summed E-state index contributed by atoms with van der Waals surface area (Å²) in [6.07, 6.45) is 7.07. The van der Waals surface area contributed by atoms with E-state index < -0.39 is 0 Å². The Hall–Kier alpha value is -3.68. The van der Waals surface area contributed by atoms with Gasteiger partial charge in [0.05, 0.1) is 11.4 Å². The predicted molar refractivity (Wildman–Crippen MR) is 122 cm³/mol. The highest BCUT2D eigenvalue weighted by Gasteiger charge is 2.28. The van der Waals surface area contributed by atoms with Gasteiger partial charge in [0.2, 0.25) is 0 Å². The summed E-state index contributed by atoms with van der Waals surface area (Å²) in [4.78, 5) is 29.2. The fourth-order valence-corrected chi connectivity index (χ4v) is 3.58. The van der Waals surface area contributed by atoms with Crippen LogP contribution in [0.25, 0.3) is 11.3 Å². The van der Waals surface area contributed by atoms with Gasteiger partial charge in [-0.2, -0.15) is 9.78 Å². The molecule has 1 aliphatic carbocycles. The van der Waals surface area contributed by atoms with Crippen molar-refractivity contribution in [1.82, 2.24) is 20.1 Å². The van der Waals surface area contributed by atoms with Crippen LogP contribution in [0.2, 0.25) is 0 Å². The minimum Gasteiger partial charge on any atom is -0.507 e. The van der Waals surface area contributed by atoms with Crippen molar-refractivity contribution in [2.45, 2.75) is 51.5 Å². The molecule has 3 aromatic rings. The van der Waals surface area contributed by atoms with E-state index in [-0.39, 0.29) is 29.6 Å². The van der Waals surface area contributed by atoms with E-state index in [1.54, 1.807) is 36.7 Å². The molecule has 1 saturated carbocycles. The minimum absolute atomic E-state index is 0.0269. The Morgan fingerprint density at radius 2 is 1.94 bits per heavy atom. The van der Waals surface area contributed by atoms with Gasteiger partial charge in [-0.05, 0) is 62.6 Å². The summed E-state index contributed by atoms with van der Waals surface area (Å²) in [7, 11) is 0. The number of aromatic hydroxyl groups is 1. The van der Waals surface area contributed by atoms with Crippen molar-refractivity contribution in [2.75, 3.05) is 5.32 Å². The molecule has 0 spiro atoms. The fraction of sp³-hybridized carbons (Fsp3) is 0.333. The van der Waals surface area contributed by atoms with Gasteiger partial charge >= 0.3 is 6.03 Å². The zero-order valence-electron chi connectivity index (χ0n) is 18.2. The molecule has 0 saturated heterocycles. The van der Waals surface area contributed by atoms with Crippen molar-refractivity contribution >= 4 is 17.6 Å². The number of amides is 2. The lowest BCUT2D eigenvalue weighted by atomic mass is 9.82. The number of phenols is 1. The molecule has 1 aromatic carbocycles. The van der Waals surface area contributed by atoms with Gasteiger partial charge in [-0.25, -0.2) is 4.79 Å². The number of rotatable bonds is 6. The molecule has 8 nitrogen and oxygen atoms in total. The number of anilines is 1. The number of hydrogen-bond acceptors (Lipinski definition) is 5. The lowest BCUT2D eigenvalue weighted by Gasteiger charge is -2.25. The molecule has 2 heterocycles. The van der Waals surface area contributed by atoms with Crippen molar-refractivity contribution in [2.24, 2.45) is 0 Å². The minimum atomic E-state index is -0.280. The maximum atomic E-state index is 12.8. The van der Waals surface area contributed by atoms with Crippen molar-refractivity contribution in [3.05, 3.63) is 60.0 Å². The number of nitrogens with zero attached hydrogens (tertiary/aromatic N) is 3. The summed E-state index contributed by atoms with van der Waals surface area (Å²) in [5.74, 6) is 0.0207. The molecule has 0 radical (unpaired) electrons. The average Bonchev–Trinajstić information content (AvgIpc) is 3.18. The molecule has 4 rings (SSSR count). The van der Waals surface area contributed by atoms with E-state index >= 15 is 0 Å². The van der Waals surface area contributed by atoms with Gasteiger partial charge in [-0.3, -0.25) is 9.78 Å². The van der Waals surface area contributed by atoms with E-state index in [1.807, 2.05) is 19.9 Å². The maximum absolute atomic E-state index is 12.8. The van der Waals surface area contributed by atoms with E-state index in [0.29, 0.717) is 22.5 Å². The monoisotopic (exact) mass is 433 g/mol. The smallest absolute Gasteiger partial charge is 0.342 e. The molecule has 8 heteroatoms. The molecule has 1 fully saturated rings. The fourth-order valence-electron chi connectivity index (χ4n) is 3.58. The topological polar surface area (TPSA) is 109 Å². The van der Waals surface area contributed by atoms with Crippen molar-refractivity contribution in [3.8, 4) is 17.0 Å². The molecule has 2 amide bonds. The third kappa shape index (κ3) is 4.49. The number of phenolic OH excluding ortho intramolecular Hbond substituents is 1. The molecule has 1 atom stereocenters. The highest BCUT2D eigenvalue weighted by molar-refractivity contribution is 6.04. The summed E-state index contributed by atoms with van der Waals surface area (Å²) >= 11 is 0. The van der Waals surface area contributed by atoms with Crippen molar-refractivity contribution in [1.29, 1.82) is 0 Å². The van der Waals surface area contributed by atoms with Crippen LogP contribution in [-0.4, -0.2) is 37.9 Å². The largest absolute Gasteiger partial charge is 0.507 e. The highest BCUT2D eigenvalue weighted by Crippen LogP contribution is 2.39. The number of carbonyl (C=O) groups excluding carboxylic acids is 2. The standard InChI is InChI=1S/C24H27N5O3/c1-3-15(2)26-24(32)29-21(16-5-4-6-16)14-20(28-29)19-13-18(7-8-22(19)30)27-23(31)17-9-11-25-12-10-17/h7-16,30H,3-6H2,1-2H3,(H,26,32)(H,27,31). The second-order valence-electron chi connectivity index (χ2n) is 8.17. The Bertz CT molecular complexity index is 1120. The summed E-state index contributed by atoms with van der Waals surface area (Å²) < 4.78 is 1.42. The molecule has 0 aliphatic heterocycles. The number of carbonyl (C=O) groups is 2. The lowest BCUT2D eigenvalue weighted by Crippen LogP contribution is -2.37. The molecular formula is C24H27N5O3. The number of hydrogen-bond donors (Lipinski definition) is 3. The van der Waals surface area contributed by atoms with Crippen LogP contribution < -0.4 is 10.6 Å². The van der Waals surface area contributed by atoms with Gasteiger partial charge in [0, 0.05) is 41.2 Å². The Balaban J connectivity index is 1.64. The molecule has 0 bridgehead atoms. The quantitative estimate of drug-likeness (QED) is 0.495. The van der Waals surface area contributed by atoms with Gasteiger partial charge in [0.1, 0.15) is 5.75 Å². The highest BCUT2D eigenvalue weighted by atomic mass is 16.3. The zero-order chi connectivity index (χ0) is 22.7. The first-order valence-corrected chi connectivity index (χ1v) is 10.9. The van der Waals surface area contributed by atoms with Crippen LogP contribution in [0.5, 0.6) is 5.75 Å². The molecule has 166 valence electrons. The van der Waals surface area contributed by atoms with Crippen LogP contribution in [0.15, 0.2) is 48.8 Å². The molecular weight excluding hydrogens is 406 g/mol. The number of nitrogens with one attached hydrogen (secondary N) is 2. The second kappa shape index (κ2) is 9.21. The van der Waals surface area contributed by atoms with Crippen LogP contribution in [-0.2, 0) is 0 Å². The molecule has 32 heavy (non-hydrogen) atoms. The van der Waals surface area contributed by atoms with Gasteiger partial charge in [-0.1, -0.05) is 13.3 Å². The van der Waals surface area contributed by atoms with Gasteiger partial charge in [0.15, 0.2) is 0 Å². The predicted octanol–water partition coefficient (Wildman–Crippen LogP) is 4.53. The molecule has 3 N–H and O–H groups in total. The van der Waals surface area contributed by atoms with Gasteiger partial charge in [0.25, 0.3) is 5.91 Å². The van der Waals surface area contributed by atoms with Crippen LogP contribution in [0.1, 0.15) is 61.5 Å². The van der Waals surface area contributed by atoms with Gasteiger partial charge < -0.3 is 15.7 Å². The molecule has 2 aromatic heterocycles. The molecule has 1 unspecified atom stereocenters. The van der Waals surface area contributed by atoms with Gasteiger partial charge in [-0.15, -0.1) is 0 Å². The second-order valence-corrected chi connectivity index (χ2v) is 8.17. The Labute approximate surface area is 186 Å².